The first-order valence-electron chi connectivity index (χ1n) is 7.67. The van der Waals surface area contributed by atoms with E-state index in [1.54, 1.807) is 0 Å². The maximum atomic E-state index is 12.5. The summed E-state index contributed by atoms with van der Waals surface area (Å²) in [5, 5.41) is 0. The minimum absolute atomic E-state index is 0.0878. The van der Waals surface area contributed by atoms with Crippen molar-refractivity contribution in [1.29, 1.82) is 0 Å². The van der Waals surface area contributed by atoms with Gasteiger partial charge in [0.25, 0.3) is 0 Å². The van der Waals surface area contributed by atoms with E-state index in [1.807, 2.05) is 60.7 Å². The maximum absolute atomic E-state index is 12.5. The van der Waals surface area contributed by atoms with Gasteiger partial charge in [-0.3, -0.25) is 4.79 Å². The predicted octanol–water partition coefficient (Wildman–Crippen LogP) is 2.69. The van der Waals surface area contributed by atoms with Crippen molar-refractivity contribution in [3.05, 3.63) is 71.8 Å². The van der Waals surface area contributed by atoms with E-state index in [0.29, 0.717) is 6.42 Å². The Balaban J connectivity index is 2.01. The Morgan fingerprint density at radius 1 is 0.917 bits per heavy atom. The van der Waals surface area contributed by atoms with E-state index in [4.69, 9.17) is 4.74 Å². The van der Waals surface area contributed by atoms with E-state index < -0.39 is 27.8 Å². The summed E-state index contributed by atoms with van der Waals surface area (Å²) < 4.78 is 36.9. The average Bonchev–Trinajstić information content (AvgIpc) is 2.56. The molecule has 0 N–H and O–H groups in total. The van der Waals surface area contributed by atoms with Gasteiger partial charge in [0.05, 0.1) is 16.7 Å². The van der Waals surface area contributed by atoms with Gasteiger partial charge >= 0.3 is 5.97 Å². The molecule has 0 fully saturated rings. The molecule has 2 rings (SSSR count). The first-order chi connectivity index (χ1) is 11.5. The minimum Gasteiger partial charge on any atom is -0.748 e. The van der Waals surface area contributed by atoms with Crippen molar-refractivity contribution in [2.45, 2.75) is 18.8 Å². The van der Waals surface area contributed by atoms with Crippen LogP contribution in [0.3, 0.4) is 0 Å². The van der Waals surface area contributed by atoms with Gasteiger partial charge < -0.3 is 9.29 Å². The van der Waals surface area contributed by atoms with Crippen molar-refractivity contribution in [1.82, 2.24) is 0 Å². The molecule has 0 saturated heterocycles. The number of esters is 1. The molecule has 2 aromatic carbocycles. The van der Waals surface area contributed by atoms with Crippen LogP contribution in [0.4, 0.5) is 0 Å². The second-order valence-electron chi connectivity index (χ2n) is 5.39. The van der Waals surface area contributed by atoms with Gasteiger partial charge in [-0.05, 0) is 24.0 Å². The lowest BCUT2D eigenvalue weighted by atomic mass is 9.91. The Morgan fingerprint density at radius 2 is 1.42 bits per heavy atom. The summed E-state index contributed by atoms with van der Waals surface area (Å²) in [6.07, 6.45) is 0.518. The molecule has 0 unspecified atom stereocenters. The highest BCUT2D eigenvalue weighted by molar-refractivity contribution is 7.85. The summed E-state index contributed by atoms with van der Waals surface area (Å²) in [6.45, 7) is 0.0878. The predicted molar refractivity (Wildman–Crippen MR) is 89.5 cm³/mol. The summed E-state index contributed by atoms with van der Waals surface area (Å²) >= 11 is 0. The molecule has 0 aliphatic heterocycles. The number of ether oxygens (including phenoxy) is 1. The summed E-state index contributed by atoms with van der Waals surface area (Å²) in [5.41, 5.74) is 1.66. The molecule has 0 spiro atoms. The highest BCUT2D eigenvalue weighted by Crippen LogP contribution is 2.26. The number of carbonyl (C=O) groups is 1. The highest BCUT2D eigenvalue weighted by atomic mass is 32.2. The summed E-state index contributed by atoms with van der Waals surface area (Å²) in [5.74, 6) is -1.36. The van der Waals surface area contributed by atoms with Crippen LogP contribution in [0.2, 0.25) is 0 Å². The normalized spacial score (nSPS) is 11.4. The molecular formula is C18H19O5S-. The highest BCUT2D eigenvalue weighted by Gasteiger charge is 2.23. The van der Waals surface area contributed by atoms with Gasteiger partial charge in [0.1, 0.15) is 5.92 Å². The van der Waals surface area contributed by atoms with Crippen LogP contribution in [-0.2, 0) is 19.6 Å². The van der Waals surface area contributed by atoms with Crippen LogP contribution < -0.4 is 0 Å². The van der Waals surface area contributed by atoms with Gasteiger partial charge in [-0.25, -0.2) is 8.42 Å². The Kier molecular flexibility index (Phi) is 6.52. The molecule has 0 radical (unpaired) electrons. The summed E-state index contributed by atoms with van der Waals surface area (Å²) in [4.78, 5) is 12.5. The third-order valence-corrected chi connectivity index (χ3v) is 4.32. The summed E-state index contributed by atoms with van der Waals surface area (Å²) in [7, 11) is -4.22. The number of benzene rings is 2. The van der Waals surface area contributed by atoms with Crippen molar-refractivity contribution in [2.75, 3.05) is 12.4 Å². The van der Waals surface area contributed by atoms with Crippen LogP contribution in [0.15, 0.2) is 60.7 Å². The zero-order valence-corrected chi connectivity index (χ0v) is 13.9. The zero-order chi connectivity index (χ0) is 17.4. The molecule has 0 atom stereocenters. The molecule has 24 heavy (non-hydrogen) atoms. The second kappa shape index (κ2) is 8.61. The average molecular weight is 347 g/mol. The molecule has 0 aromatic heterocycles. The van der Waals surface area contributed by atoms with E-state index in [2.05, 4.69) is 0 Å². The number of hydrogen-bond acceptors (Lipinski definition) is 5. The minimum atomic E-state index is -4.22. The van der Waals surface area contributed by atoms with E-state index in [0.717, 1.165) is 11.1 Å². The fourth-order valence-electron chi connectivity index (χ4n) is 2.39. The molecule has 128 valence electrons. The fourth-order valence-corrected chi connectivity index (χ4v) is 2.95. The molecule has 2 aromatic rings. The third kappa shape index (κ3) is 5.79. The SMILES string of the molecule is O=C(OCCCCS(=O)(=O)[O-])C(c1ccccc1)c1ccccc1. The molecule has 5 nitrogen and oxygen atoms in total. The molecule has 0 saturated carbocycles. The molecule has 6 heteroatoms. The maximum Gasteiger partial charge on any atom is 0.317 e. The smallest absolute Gasteiger partial charge is 0.317 e. The largest absolute Gasteiger partial charge is 0.748 e. The fraction of sp³-hybridized carbons (Fsp3) is 0.278. The molecule has 0 aliphatic carbocycles. The number of carbonyl (C=O) groups excluding carboxylic acids is 1. The number of rotatable bonds is 8. The van der Waals surface area contributed by atoms with Crippen molar-refractivity contribution >= 4 is 16.1 Å². The zero-order valence-electron chi connectivity index (χ0n) is 13.1. The Labute approximate surface area is 142 Å². The van der Waals surface area contributed by atoms with Crippen LogP contribution in [-0.4, -0.2) is 31.3 Å². The monoisotopic (exact) mass is 347 g/mol. The third-order valence-electron chi connectivity index (χ3n) is 3.53. The second-order valence-corrected chi connectivity index (χ2v) is 6.91. The quantitative estimate of drug-likeness (QED) is 0.416. The molecule has 0 bridgehead atoms. The first kappa shape index (κ1) is 18.2. The number of hydrogen-bond donors (Lipinski definition) is 0. The topological polar surface area (TPSA) is 83.5 Å². The van der Waals surface area contributed by atoms with Crippen molar-refractivity contribution in [2.24, 2.45) is 0 Å². The van der Waals surface area contributed by atoms with Gasteiger partial charge in [-0.1, -0.05) is 60.7 Å². The summed E-state index contributed by atoms with van der Waals surface area (Å²) in [6, 6.07) is 18.6. The lowest BCUT2D eigenvalue weighted by Gasteiger charge is -2.17. The van der Waals surface area contributed by atoms with E-state index in [-0.39, 0.29) is 13.0 Å². The van der Waals surface area contributed by atoms with Crippen LogP contribution in [0, 0.1) is 0 Å². The molecular weight excluding hydrogens is 328 g/mol. The van der Waals surface area contributed by atoms with Gasteiger partial charge in [0, 0.05) is 5.75 Å². The molecule has 0 aliphatic rings. The molecule has 0 amide bonds. The Hall–Kier alpha value is -2.18. The van der Waals surface area contributed by atoms with Crippen molar-refractivity contribution in [3.8, 4) is 0 Å². The van der Waals surface area contributed by atoms with Crippen molar-refractivity contribution in [3.63, 3.8) is 0 Å². The molecule has 0 heterocycles. The van der Waals surface area contributed by atoms with Gasteiger partial charge in [0.15, 0.2) is 0 Å². The Bertz CT molecular complexity index is 702. The van der Waals surface area contributed by atoms with Gasteiger partial charge in [0.2, 0.25) is 0 Å². The van der Waals surface area contributed by atoms with E-state index in [9.17, 15) is 17.8 Å². The Morgan fingerprint density at radius 3 is 1.88 bits per heavy atom. The lowest BCUT2D eigenvalue weighted by Crippen LogP contribution is -2.18. The van der Waals surface area contributed by atoms with Crippen LogP contribution in [0.1, 0.15) is 29.9 Å². The standard InChI is InChI=1S/C18H20O5S/c19-18(23-13-7-8-14-24(20,21)22)17(15-9-3-1-4-10-15)16-11-5-2-6-12-16/h1-6,9-12,17H,7-8,13-14H2,(H,20,21,22)/p-1. The lowest BCUT2D eigenvalue weighted by molar-refractivity contribution is -0.144. The number of unbranched alkanes of at least 4 members (excludes halogenated alkanes) is 1. The van der Waals surface area contributed by atoms with E-state index >= 15 is 0 Å². The van der Waals surface area contributed by atoms with Gasteiger partial charge in [-0.15, -0.1) is 0 Å². The van der Waals surface area contributed by atoms with Crippen LogP contribution in [0.5, 0.6) is 0 Å². The van der Waals surface area contributed by atoms with Gasteiger partial charge in [-0.2, -0.15) is 0 Å². The van der Waals surface area contributed by atoms with Crippen LogP contribution in [0.25, 0.3) is 0 Å². The van der Waals surface area contributed by atoms with E-state index in [1.165, 1.54) is 0 Å². The van der Waals surface area contributed by atoms with Crippen LogP contribution >= 0.6 is 0 Å². The van der Waals surface area contributed by atoms with Crippen molar-refractivity contribution < 1.29 is 22.5 Å². The first-order valence-corrected chi connectivity index (χ1v) is 9.25.